The Kier molecular flexibility index (Phi) is 4.63. The second-order valence-electron chi connectivity index (χ2n) is 6.02. The Balaban J connectivity index is 2.04. The van der Waals surface area contributed by atoms with E-state index in [1.165, 1.54) is 6.08 Å². The molecule has 1 aromatic heterocycles. The van der Waals surface area contributed by atoms with E-state index in [-0.39, 0.29) is 16.9 Å². The van der Waals surface area contributed by atoms with Gasteiger partial charge in [0.25, 0.3) is 0 Å². The minimum atomic E-state index is -0.862. The van der Waals surface area contributed by atoms with Gasteiger partial charge in [-0.2, -0.15) is 0 Å². The van der Waals surface area contributed by atoms with E-state index >= 15 is 0 Å². The summed E-state index contributed by atoms with van der Waals surface area (Å²) >= 11 is 0. The molecule has 0 fully saturated rings. The molecule has 26 heavy (non-hydrogen) atoms. The summed E-state index contributed by atoms with van der Waals surface area (Å²) in [5, 5.41) is 10.8. The van der Waals surface area contributed by atoms with Crippen LogP contribution in [0.1, 0.15) is 27.0 Å². The van der Waals surface area contributed by atoms with Crippen molar-refractivity contribution in [2.24, 2.45) is 0 Å². The maximum absolute atomic E-state index is 12.5. The quantitative estimate of drug-likeness (QED) is 0.437. The van der Waals surface area contributed by atoms with Gasteiger partial charge in [0.05, 0.1) is 12.5 Å². The molecule has 3 aromatic rings. The molecule has 132 valence electrons. The summed E-state index contributed by atoms with van der Waals surface area (Å²) in [6, 6.07) is 10.5. The van der Waals surface area contributed by atoms with E-state index in [9.17, 15) is 14.7 Å². The maximum Gasteiger partial charge on any atom is 0.351 e. The molecule has 5 heteroatoms. The van der Waals surface area contributed by atoms with E-state index in [1.54, 1.807) is 49.6 Å². The molecule has 0 radical (unpaired) electrons. The number of rotatable bonds is 4. The summed E-state index contributed by atoms with van der Waals surface area (Å²) in [7, 11) is 1.55. The van der Waals surface area contributed by atoms with Crippen LogP contribution in [0.3, 0.4) is 0 Å². The summed E-state index contributed by atoms with van der Waals surface area (Å²) in [5.41, 5.74) is 1.60. The Labute approximate surface area is 150 Å². The lowest BCUT2D eigenvalue weighted by Crippen LogP contribution is -2.13. The van der Waals surface area contributed by atoms with Gasteiger partial charge in [0.1, 0.15) is 22.6 Å². The van der Waals surface area contributed by atoms with Crippen LogP contribution in [0, 0.1) is 13.8 Å². The second-order valence-corrected chi connectivity index (χ2v) is 6.02. The number of aryl methyl sites for hydroxylation is 2. The van der Waals surface area contributed by atoms with Gasteiger partial charge in [-0.25, -0.2) is 4.79 Å². The van der Waals surface area contributed by atoms with E-state index in [2.05, 4.69) is 0 Å². The Bertz CT molecular complexity index is 1090. The lowest BCUT2D eigenvalue weighted by Gasteiger charge is -2.07. The van der Waals surface area contributed by atoms with Gasteiger partial charge in [-0.3, -0.25) is 4.79 Å². The molecular weight excluding hydrogens is 332 g/mol. The molecule has 0 aliphatic rings. The smallest absolute Gasteiger partial charge is 0.351 e. The number of aromatic hydroxyl groups is 1. The predicted molar refractivity (Wildman–Crippen MR) is 100.0 cm³/mol. The Morgan fingerprint density at radius 2 is 1.88 bits per heavy atom. The standard InChI is InChI=1S/C21H18O5/c1-12-9-16-18(10-13(12)2)26-21(24)19(20(16)23)17(22)8-7-14-5-4-6-15(11-14)25-3/h4-11,23H,1-3H3/b8-7+. The average Bonchev–Trinajstić information content (AvgIpc) is 2.62. The summed E-state index contributed by atoms with van der Waals surface area (Å²) < 4.78 is 10.4. The van der Waals surface area contributed by atoms with Crippen molar-refractivity contribution in [2.45, 2.75) is 13.8 Å². The van der Waals surface area contributed by atoms with Crippen molar-refractivity contribution in [3.8, 4) is 11.5 Å². The van der Waals surface area contributed by atoms with Gasteiger partial charge in [0.2, 0.25) is 0 Å². The molecule has 5 nitrogen and oxygen atoms in total. The van der Waals surface area contributed by atoms with E-state index in [0.717, 1.165) is 16.7 Å². The zero-order valence-corrected chi connectivity index (χ0v) is 14.7. The average molecular weight is 350 g/mol. The number of ether oxygens (including phenoxy) is 1. The molecule has 0 saturated carbocycles. The normalized spacial score (nSPS) is 11.2. The first kappa shape index (κ1) is 17.5. The first-order valence-electron chi connectivity index (χ1n) is 8.04. The highest BCUT2D eigenvalue weighted by molar-refractivity contribution is 6.10. The number of methoxy groups -OCH3 is 1. The van der Waals surface area contributed by atoms with E-state index < -0.39 is 11.4 Å². The Hall–Kier alpha value is -3.34. The monoisotopic (exact) mass is 350 g/mol. The van der Waals surface area contributed by atoms with Crippen LogP contribution in [-0.2, 0) is 0 Å². The fraction of sp³-hybridized carbons (Fsp3) is 0.143. The van der Waals surface area contributed by atoms with Gasteiger partial charge in [0.15, 0.2) is 5.78 Å². The van der Waals surface area contributed by atoms with Crippen molar-refractivity contribution in [1.29, 1.82) is 0 Å². The highest BCUT2D eigenvalue weighted by atomic mass is 16.5. The number of ketones is 1. The third-order valence-corrected chi connectivity index (χ3v) is 4.26. The summed E-state index contributed by atoms with van der Waals surface area (Å²) in [6.07, 6.45) is 2.78. The number of hydrogen-bond acceptors (Lipinski definition) is 5. The number of carbonyl (C=O) groups excluding carboxylic acids is 1. The molecule has 0 aliphatic heterocycles. The lowest BCUT2D eigenvalue weighted by molar-refractivity contribution is 0.104. The molecule has 0 amide bonds. The van der Waals surface area contributed by atoms with Gasteiger partial charge in [-0.1, -0.05) is 18.2 Å². The lowest BCUT2D eigenvalue weighted by atomic mass is 10.0. The molecule has 0 bridgehead atoms. The van der Waals surface area contributed by atoms with Crippen molar-refractivity contribution in [3.05, 3.63) is 75.1 Å². The van der Waals surface area contributed by atoms with Crippen LogP contribution >= 0.6 is 0 Å². The fourth-order valence-corrected chi connectivity index (χ4v) is 2.66. The summed E-state index contributed by atoms with van der Waals surface area (Å²) in [5.74, 6) is -0.336. The highest BCUT2D eigenvalue weighted by Gasteiger charge is 2.19. The molecule has 0 unspecified atom stereocenters. The van der Waals surface area contributed by atoms with Gasteiger partial charge in [-0.05, 0) is 60.9 Å². The zero-order chi connectivity index (χ0) is 18.8. The molecule has 1 heterocycles. The molecule has 0 atom stereocenters. The van der Waals surface area contributed by atoms with E-state index in [4.69, 9.17) is 9.15 Å². The van der Waals surface area contributed by atoms with Crippen LogP contribution in [0.2, 0.25) is 0 Å². The first-order chi connectivity index (χ1) is 12.4. The third-order valence-electron chi connectivity index (χ3n) is 4.26. The number of fused-ring (bicyclic) bond motifs is 1. The number of allylic oxidation sites excluding steroid dienone is 1. The van der Waals surface area contributed by atoms with Crippen LogP contribution in [0.5, 0.6) is 11.5 Å². The minimum Gasteiger partial charge on any atom is -0.506 e. The largest absolute Gasteiger partial charge is 0.506 e. The van der Waals surface area contributed by atoms with Crippen LogP contribution in [0.25, 0.3) is 17.0 Å². The molecule has 0 aliphatic carbocycles. The SMILES string of the molecule is COc1cccc(/C=C/C(=O)c2c(O)c3cc(C)c(C)cc3oc2=O)c1. The zero-order valence-electron chi connectivity index (χ0n) is 14.7. The van der Waals surface area contributed by atoms with Gasteiger partial charge < -0.3 is 14.3 Å². The number of carbonyl (C=O) groups is 1. The Morgan fingerprint density at radius 3 is 2.62 bits per heavy atom. The Morgan fingerprint density at radius 1 is 1.15 bits per heavy atom. The molecule has 0 saturated heterocycles. The maximum atomic E-state index is 12.5. The van der Waals surface area contributed by atoms with E-state index in [1.807, 2.05) is 13.8 Å². The predicted octanol–water partition coefficient (Wildman–Crippen LogP) is 4.02. The van der Waals surface area contributed by atoms with Crippen LogP contribution in [0.15, 0.2) is 51.7 Å². The van der Waals surface area contributed by atoms with Crippen molar-refractivity contribution in [3.63, 3.8) is 0 Å². The van der Waals surface area contributed by atoms with Crippen molar-refractivity contribution >= 4 is 22.8 Å². The number of benzene rings is 2. The molecule has 0 spiro atoms. The molecule has 2 aromatic carbocycles. The van der Waals surface area contributed by atoms with Gasteiger partial charge in [0, 0.05) is 0 Å². The van der Waals surface area contributed by atoms with Gasteiger partial charge >= 0.3 is 5.63 Å². The summed E-state index contributed by atoms with van der Waals surface area (Å²) in [6.45, 7) is 3.76. The first-order valence-corrected chi connectivity index (χ1v) is 8.04. The highest BCUT2D eigenvalue weighted by Crippen LogP contribution is 2.29. The van der Waals surface area contributed by atoms with Crippen LogP contribution in [0.4, 0.5) is 0 Å². The number of hydrogen-bond donors (Lipinski definition) is 1. The van der Waals surface area contributed by atoms with Crippen molar-refractivity contribution in [2.75, 3.05) is 7.11 Å². The second kappa shape index (κ2) is 6.88. The minimum absolute atomic E-state index is 0.254. The van der Waals surface area contributed by atoms with Crippen LogP contribution < -0.4 is 10.4 Å². The topological polar surface area (TPSA) is 76.7 Å². The van der Waals surface area contributed by atoms with Crippen molar-refractivity contribution < 1.29 is 19.1 Å². The van der Waals surface area contributed by atoms with Gasteiger partial charge in [-0.15, -0.1) is 0 Å². The third kappa shape index (κ3) is 3.24. The van der Waals surface area contributed by atoms with Crippen molar-refractivity contribution in [1.82, 2.24) is 0 Å². The molecule has 3 rings (SSSR count). The van der Waals surface area contributed by atoms with E-state index in [0.29, 0.717) is 11.1 Å². The molecule has 1 N–H and O–H groups in total. The van der Waals surface area contributed by atoms with Crippen LogP contribution in [-0.4, -0.2) is 18.0 Å². The fourth-order valence-electron chi connectivity index (χ4n) is 2.66. The summed E-state index contributed by atoms with van der Waals surface area (Å²) in [4.78, 5) is 24.7. The molecular formula is C21H18O5.